The lowest BCUT2D eigenvalue weighted by molar-refractivity contribution is 0.0673. The molecule has 1 amide bonds. The Bertz CT molecular complexity index is 492. The number of amides is 1. The second kappa shape index (κ2) is 6.64. The number of nitrogen functional groups attached to an aromatic ring is 1. The Morgan fingerprint density at radius 1 is 1.48 bits per heavy atom. The molecule has 6 heteroatoms. The van der Waals surface area contributed by atoms with Crippen LogP contribution in [-0.2, 0) is 0 Å². The Labute approximate surface area is 131 Å². The Balaban J connectivity index is 2.06. The molecule has 1 saturated heterocycles. The van der Waals surface area contributed by atoms with Crippen molar-refractivity contribution in [2.45, 2.75) is 33.6 Å². The Morgan fingerprint density at radius 3 is 2.62 bits per heavy atom. The summed E-state index contributed by atoms with van der Waals surface area (Å²) in [4.78, 5) is 21.5. The van der Waals surface area contributed by atoms with Crippen molar-refractivity contribution in [1.82, 2.24) is 9.88 Å². The van der Waals surface area contributed by atoms with Gasteiger partial charge in [0.2, 0.25) is 0 Å². The highest BCUT2D eigenvalue weighted by atomic mass is 32.1. The van der Waals surface area contributed by atoms with E-state index in [0.717, 1.165) is 43.5 Å². The maximum absolute atomic E-state index is 12.6. The van der Waals surface area contributed by atoms with Crippen molar-refractivity contribution in [3.8, 4) is 0 Å². The SMILES string of the molecule is CCN(C)c1nc(N)c(C(=O)N2CCC(C(C)C)CC2)s1. The lowest BCUT2D eigenvalue weighted by atomic mass is 9.87. The summed E-state index contributed by atoms with van der Waals surface area (Å²) in [6.07, 6.45) is 2.17. The van der Waals surface area contributed by atoms with E-state index in [1.54, 1.807) is 0 Å². The van der Waals surface area contributed by atoms with Gasteiger partial charge in [0.15, 0.2) is 5.13 Å². The van der Waals surface area contributed by atoms with Gasteiger partial charge in [-0.3, -0.25) is 4.79 Å². The fourth-order valence-electron chi connectivity index (χ4n) is 2.68. The summed E-state index contributed by atoms with van der Waals surface area (Å²) < 4.78 is 0. The van der Waals surface area contributed by atoms with E-state index in [-0.39, 0.29) is 5.91 Å². The predicted molar refractivity (Wildman–Crippen MR) is 88.9 cm³/mol. The minimum atomic E-state index is 0.0444. The van der Waals surface area contributed by atoms with Crippen molar-refractivity contribution in [2.75, 3.05) is 37.3 Å². The maximum atomic E-state index is 12.6. The molecule has 0 aromatic carbocycles. The molecule has 2 heterocycles. The van der Waals surface area contributed by atoms with Gasteiger partial charge in [-0.25, -0.2) is 4.98 Å². The summed E-state index contributed by atoms with van der Waals surface area (Å²) in [5, 5.41) is 0.815. The van der Waals surface area contributed by atoms with E-state index >= 15 is 0 Å². The van der Waals surface area contributed by atoms with Crippen molar-refractivity contribution in [3.63, 3.8) is 0 Å². The molecule has 0 spiro atoms. The van der Waals surface area contributed by atoms with E-state index in [0.29, 0.717) is 16.6 Å². The number of aromatic nitrogens is 1. The highest BCUT2D eigenvalue weighted by Gasteiger charge is 2.28. The van der Waals surface area contributed by atoms with Crippen molar-refractivity contribution >= 4 is 28.2 Å². The van der Waals surface area contributed by atoms with E-state index in [1.165, 1.54) is 11.3 Å². The lowest BCUT2D eigenvalue weighted by Crippen LogP contribution is -2.39. The van der Waals surface area contributed by atoms with Crippen LogP contribution in [0.1, 0.15) is 43.3 Å². The Kier molecular flexibility index (Phi) is 5.08. The number of carbonyl (C=O) groups is 1. The quantitative estimate of drug-likeness (QED) is 0.929. The Morgan fingerprint density at radius 2 is 2.10 bits per heavy atom. The number of carbonyl (C=O) groups excluding carboxylic acids is 1. The zero-order valence-electron chi connectivity index (χ0n) is 13.4. The predicted octanol–water partition coefficient (Wildman–Crippen LogP) is 2.69. The number of piperidine rings is 1. The molecule has 1 aliphatic heterocycles. The first-order valence-corrected chi connectivity index (χ1v) is 8.52. The third kappa shape index (κ3) is 3.48. The van der Waals surface area contributed by atoms with Gasteiger partial charge in [0.05, 0.1) is 0 Å². The average Bonchev–Trinajstić information content (AvgIpc) is 2.87. The fourth-order valence-corrected chi connectivity index (χ4v) is 3.66. The minimum absolute atomic E-state index is 0.0444. The smallest absolute Gasteiger partial charge is 0.267 e. The number of likely N-dealkylation sites (tertiary alicyclic amines) is 1. The van der Waals surface area contributed by atoms with Gasteiger partial charge in [-0.15, -0.1) is 0 Å². The summed E-state index contributed by atoms with van der Waals surface area (Å²) >= 11 is 1.40. The zero-order chi connectivity index (χ0) is 15.6. The molecular formula is C15H26N4OS. The van der Waals surface area contributed by atoms with Crippen molar-refractivity contribution in [1.29, 1.82) is 0 Å². The topological polar surface area (TPSA) is 62.5 Å². The van der Waals surface area contributed by atoms with Crippen LogP contribution in [0.4, 0.5) is 10.9 Å². The van der Waals surface area contributed by atoms with Crippen LogP contribution in [0.25, 0.3) is 0 Å². The molecule has 1 fully saturated rings. The van der Waals surface area contributed by atoms with Crippen LogP contribution >= 0.6 is 11.3 Å². The van der Waals surface area contributed by atoms with Crippen LogP contribution in [0.2, 0.25) is 0 Å². The molecule has 0 bridgehead atoms. The third-order valence-electron chi connectivity index (χ3n) is 4.41. The minimum Gasteiger partial charge on any atom is -0.382 e. The normalized spacial score (nSPS) is 16.5. The van der Waals surface area contributed by atoms with Gasteiger partial charge < -0.3 is 15.5 Å². The van der Waals surface area contributed by atoms with Gasteiger partial charge in [0, 0.05) is 26.7 Å². The van der Waals surface area contributed by atoms with Gasteiger partial charge in [-0.05, 0) is 31.6 Å². The maximum Gasteiger partial charge on any atom is 0.267 e. The fraction of sp³-hybridized carbons (Fsp3) is 0.733. The summed E-state index contributed by atoms with van der Waals surface area (Å²) in [7, 11) is 1.96. The highest BCUT2D eigenvalue weighted by Crippen LogP contribution is 2.31. The first-order chi connectivity index (χ1) is 9.93. The van der Waals surface area contributed by atoms with E-state index in [4.69, 9.17) is 5.73 Å². The summed E-state index contributed by atoms with van der Waals surface area (Å²) in [6.45, 7) is 9.08. The van der Waals surface area contributed by atoms with Crippen molar-refractivity contribution in [3.05, 3.63) is 4.88 Å². The largest absolute Gasteiger partial charge is 0.382 e. The molecule has 1 aromatic heterocycles. The van der Waals surface area contributed by atoms with Gasteiger partial charge in [0.25, 0.3) is 5.91 Å². The second-order valence-corrected chi connectivity index (χ2v) is 7.08. The number of hydrogen-bond donors (Lipinski definition) is 1. The molecule has 2 rings (SSSR count). The van der Waals surface area contributed by atoms with Crippen LogP contribution in [0.15, 0.2) is 0 Å². The summed E-state index contributed by atoms with van der Waals surface area (Å²) in [5.74, 6) is 1.84. The molecule has 0 radical (unpaired) electrons. The first-order valence-electron chi connectivity index (χ1n) is 7.70. The molecule has 1 aromatic rings. The summed E-state index contributed by atoms with van der Waals surface area (Å²) in [5.41, 5.74) is 5.94. The lowest BCUT2D eigenvalue weighted by Gasteiger charge is -2.33. The molecule has 2 N–H and O–H groups in total. The molecule has 0 aliphatic carbocycles. The van der Waals surface area contributed by atoms with Crippen LogP contribution in [-0.4, -0.2) is 42.5 Å². The number of rotatable bonds is 4. The standard InChI is InChI=1S/C15H26N4OS/c1-5-18(4)15-17-13(16)12(21-15)14(20)19-8-6-11(7-9-19)10(2)3/h10-11H,5-9,16H2,1-4H3. The van der Waals surface area contributed by atoms with Gasteiger partial charge in [0.1, 0.15) is 10.7 Å². The number of hydrogen-bond acceptors (Lipinski definition) is 5. The van der Waals surface area contributed by atoms with Crippen LogP contribution in [0.5, 0.6) is 0 Å². The van der Waals surface area contributed by atoms with Crippen LogP contribution in [0.3, 0.4) is 0 Å². The highest BCUT2D eigenvalue weighted by molar-refractivity contribution is 7.18. The number of nitrogens with zero attached hydrogens (tertiary/aromatic N) is 3. The zero-order valence-corrected chi connectivity index (χ0v) is 14.2. The molecular weight excluding hydrogens is 284 g/mol. The monoisotopic (exact) mass is 310 g/mol. The van der Waals surface area contributed by atoms with Gasteiger partial charge in [-0.1, -0.05) is 25.2 Å². The van der Waals surface area contributed by atoms with E-state index in [2.05, 4.69) is 25.8 Å². The molecule has 0 saturated carbocycles. The number of thiazole rings is 1. The van der Waals surface area contributed by atoms with Crippen molar-refractivity contribution in [2.24, 2.45) is 11.8 Å². The van der Waals surface area contributed by atoms with Crippen LogP contribution < -0.4 is 10.6 Å². The molecule has 5 nitrogen and oxygen atoms in total. The van der Waals surface area contributed by atoms with Crippen LogP contribution in [0, 0.1) is 11.8 Å². The van der Waals surface area contributed by atoms with E-state index in [9.17, 15) is 4.79 Å². The second-order valence-electron chi connectivity index (χ2n) is 6.10. The Hall–Kier alpha value is -1.30. The third-order valence-corrected chi connectivity index (χ3v) is 5.58. The average molecular weight is 310 g/mol. The summed E-state index contributed by atoms with van der Waals surface area (Å²) in [6, 6.07) is 0. The van der Waals surface area contributed by atoms with Gasteiger partial charge in [-0.2, -0.15) is 0 Å². The molecule has 1 aliphatic rings. The van der Waals surface area contributed by atoms with Gasteiger partial charge >= 0.3 is 0 Å². The van der Waals surface area contributed by atoms with E-state index in [1.807, 2.05) is 16.8 Å². The molecule has 21 heavy (non-hydrogen) atoms. The van der Waals surface area contributed by atoms with E-state index < -0.39 is 0 Å². The van der Waals surface area contributed by atoms with Crippen molar-refractivity contribution < 1.29 is 4.79 Å². The molecule has 118 valence electrons. The first kappa shape index (κ1) is 16.1. The molecule has 0 unspecified atom stereocenters. The number of nitrogens with two attached hydrogens (primary N) is 1. The number of anilines is 2. The molecule has 0 atom stereocenters.